The van der Waals surface area contributed by atoms with Gasteiger partial charge in [0.25, 0.3) is 5.91 Å². The topological polar surface area (TPSA) is 57.4 Å². The molecule has 0 aliphatic rings. The van der Waals surface area contributed by atoms with E-state index in [1.54, 1.807) is 26.1 Å². The van der Waals surface area contributed by atoms with Crippen molar-refractivity contribution in [3.05, 3.63) is 47.7 Å². The number of rotatable bonds is 6. The van der Waals surface area contributed by atoms with Gasteiger partial charge in [-0.1, -0.05) is 19.4 Å². The van der Waals surface area contributed by atoms with Gasteiger partial charge in [-0.15, -0.1) is 0 Å². The molecule has 5 heteroatoms. The number of nitrogens with zero attached hydrogens (tertiary/aromatic N) is 1. The standard InChI is InChI=1S/C22H27N3O2/c1-6-7-14-10-17(16-9-8-15(23-2)12-21(16)27-5)18-13-20(22(26)25(3)4)24-19(18)11-14/h8-13,23-24H,6-7H2,1-5H3. The maximum Gasteiger partial charge on any atom is 0.269 e. The highest BCUT2D eigenvalue weighted by Crippen LogP contribution is 2.38. The van der Waals surface area contributed by atoms with E-state index < -0.39 is 0 Å². The van der Waals surface area contributed by atoms with Crippen molar-refractivity contribution in [2.24, 2.45) is 0 Å². The number of aryl methyl sites for hydroxylation is 1. The molecule has 3 aromatic rings. The molecule has 1 heterocycles. The SMILES string of the molecule is CCCc1cc(-c2ccc(NC)cc2OC)c2cc(C(=O)N(C)C)[nH]c2c1. The number of carbonyl (C=O) groups is 1. The van der Waals surface area contributed by atoms with E-state index in [0.29, 0.717) is 5.69 Å². The van der Waals surface area contributed by atoms with Crippen LogP contribution in [0.15, 0.2) is 36.4 Å². The molecule has 0 spiro atoms. The molecule has 142 valence electrons. The number of anilines is 1. The second-order valence-corrected chi connectivity index (χ2v) is 6.90. The van der Waals surface area contributed by atoms with Crippen molar-refractivity contribution in [2.75, 3.05) is 33.6 Å². The van der Waals surface area contributed by atoms with Gasteiger partial charge in [-0.25, -0.2) is 0 Å². The number of amides is 1. The summed E-state index contributed by atoms with van der Waals surface area (Å²) in [6.45, 7) is 2.17. The Balaban J connectivity index is 2.25. The first-order valence-corrected chi connectivity index (χ1v) is 9.22. The van der Waals surface area contributed by atoms with Gasteiger partial charge in [-0.05, 0) is 41.8 Å². The summed E-state index contributed by atoms with van der Waals surface area (Å²) in [6.07, 6.45) is 2.04. The van der Waals surface area contributed by atoms with Gasteiger partial charge < -0.3 is 19.9 Å². The Kier molecular flexibility index (Phi) is 5.40. The molecule has 5 nitrogen and oxygen atoms in total. The van der Waals surface area contributed by atoms with Gasteiger partial charge in [-0.2, -0.15) is 0 Å². The molecule has 0 unspecified atom stereocenters. The highest BCUT2D eigenvalue weighted by Gasteiger charge is 2.17. The van der Waals surface area contributed by atoms with E-state index in [-0.39, 0.29) is 5.91 Å². The van der Waals surface area contributed by atoms with Gasteiger partial charge >= 0.3 is 0 Å². The molecule has 0 aliphatic heterocycles. The maximum absolute atomic E-state index is 12.4. The van der Waals surface area contributed by atoms with E-state index in [1.165, 1.54) is 5.56 Å². The molecule has 1 amide bonds. The number of ether oxygens (including phenoxy) is 1. The average molecular weight is 365 g/mol. The highest BCUT2D eigenvalue weighted by atomic mass is 16.5. The van der Waals surface area contributed by atoms with E-state index in [1.807, 2.05) is 25.2 Å². The molecule has 0 fully saturated rings. The first kappa shape index (κ1) is 18.8. The number of nitrogens with one attached hydrogen (secondary N) is 2. The first-order valence-electron chi connectivity index (χ1n) is 9.22. The minimum atomic E-state index is -0.0355. The van der Waals surface area contributed by atoms with E-state index in [0.717, 1.165) is 46.3 Å². The predicted octanol–water partition coefficient (Wildman–Crippen LogP) is 4.54. The molecule has 0 bridgehead atoms. The summed E-state index contributed by atoms with van der Waals surface area (Å²) in [7, 11) is 7.09. The Morgan fingerprint density at radius 1 is 1.15 bits per heavy atom. The van der Waals surface area contributed by atoms with E-state index >= 15 is 0 Å². The minimum Gasteiger partial charge on any atom is -0.496 e. The van der Waals surface area contributed by atoms with Crippen LogP contribution in [0.1, 0.15) is 29.4 Å². The lowest BCUT2D eigenvalue weighted by Crippen LogP contribution is -2.21. The second kappa shape index (κ2) is 7.74. The third-order valence-electron chi connectivity index (χ3n) is 4.75. The Bertz CT molecular complexity index is 973. The molecule has 2 aromatic carbocycles. The van der Waals surface area contributed by atoms with Gasteiger partial charge in [0.15, 0.2) is 0 Å². The van der Waals surface area contributed by atoms with E-state index in [2.05, 4.69) is 35.4 Å². The molecule has 0 atom stereocenters. The van der Waals surface area contributed by atoms with Crippen LogP contribution in [0.3, 0.4) is 0 Å². The number of H-pyrrole nitrogens is 1. The summed E-state index contributed by atoms with van der Waals surface area (Å²) in [5.74, 6) is 0.769. The van der Waals surface area contributed by atoms with Gasteiger partial charge in [0.1, 0.15) is 11.4 Å². The van der Waals surface area contributed by atoms with Gasteiger partial charge in [0.2, 0.25) is 0 Å². The number of aromatic nitrogens is 1. The van der Waals surface area contributed by atoms with Gasteiger partial charge in [0, 0.05) is 49.4 Å². The molecular weight excluding hydrogens is 338 g/mol. The monoisotopic (exact) mass is 365 g/mol. The fourth-order valence-electron chi connectivity index (χ4n) is 3.38. The molecule has 2 N–H and O–H groups in total. The number of aromatic amines is 1. The number of hydrogen-bond donors (Lipinski definition) is 2. The molecule has 1 aromatic heterocycles. The average Bonchev–Trinajstić information content (AvgIpc) is 3.10. The fraction of sp³-hybridized carbons (Fsp3) is 0.318. The number of carbonyl (C=O) groups excluding carboxylic acids is 1. The molecule has 27 heavy (non-hydrogen) atoms. The lowest BCUT2D eigenvalue weighted by atomic mass is 9.96. The third-order valence-corrected chi connectivity index (χ3v) is 4.75. The zero-order chi connectivity index (χ0) is 19.6. The second-order valence-electron chi connectivity index (χ2n) is 6.90. The van der Waals surface area contributed by atoms with Crippen molar-refractivity contribution in [3.63, 3.8) is 0 Å². The minimum absolute atomic E-state index is 0.0355. The Morgan fingerprint density at radius 3 is 2.56 bits per heavy atom. The van der Waals surface area contributed by atoms with Crippen LogP contribution in [0.2, 0.25) is 0 Å². The zero-order valence-electron chi connectivity index (χ0n) is 16.6. The number of fused-ring (bicyclic) bond motifs is 1. The van der Waals surface area contributed by atoms with Gasteiger partial charge in [-0.3, -0.25) is 4.79 Å². The van der Waals surface area contributed by atoms with Crippen LogP contribution in [0.25, 0.3) is 22.0 Å². The van der Waals surface area contributed by atoms with Crippen LogP contribution in [0, 0.1) is 0 Å². The molecule has 0 saturated heterocycles. The van der Waals surface area contributed by atoms with Crippen LogP contribution in [0.4, 0.5) is 5.69 Å². The van der Waals surface area contributed by atoms with Crippen LogP contribution in [-0.4, -0.2) is 44.0 Å². The quantitative estimate of drug-likeness (QED) is 0.674. The van der Waals surface area contributed by atoms with Crippen LogP contribution >= 0.6 is 0 Å². The van der Waals surface area contributed by atoms with Gasteiger partial charge in [0.05, 0.1) is 7.11 Å². The third kappa shape index (κ3) is 3.63. The lowest BCUT2D eigenvalue weighted by molar-refractivity contribution is 0.0823. The fourth-order valence-corrected chi connectivity index (χ4v) is 3.38. The van der Waals surface area contributed by atoms with Crippen molar-refractivity contribution < 1.29 is 9.53 Å². The largest absolute Gasteiger partial charge is 0.496 e. The summed E-state index contributed by atoms with van der Waals surface area (Å²) in [5, 5.41) is 4.17. The van der Waals surface area contributed by atoms with Crippen LogP contribution in [-0.2, 0) is 6.42 Å². The molecule has 0 aliphatic carbocycles. The predicted molar refractivity (Wildman–Crippen MR) is 112 cm³/mol. The van der Waals surface area contributed by atoms with Crippen LogP contribution < -0.4 is 10.1 Å². The van der Waals surface area contributed by atoms with E-state index in [4.69, 9.17) is 4.74 Å². The molecule has 3 rings (SSSR count). The molecular formula is C22H27N3O2. The summed E-state index contributed by atoms with van der Waals surface area (Å²) in [6, 6.07) is 12.4. The van der Waals surface area contributed by atoms with Crippen LogP contribution in [0.5, 0.6) is 5.75 Å². The van der Waals surface area contributed by atoms with Crippen molar-refractivity contribution in [1.82, 2.24) is 9.88 Å². The Hall–Kier alpha value is -2.95. The van der Waals surface area contributed by atoms with Crippen molar-refractivity contribution in [3.8, 4) is 16.9 Å². The molecule has 0 radical (unpaired) electrons. The lowest BCUT2D eigenvalue weighted by Gasteiger charge is -2.13. The summed E-state index contributed by atoms with van der Waals surface area (Å²) < 4.78 is 5.66. The Labute approximate surface area is 160 Å². The van der Waals surface area contributed by atoms with Crippen molar-refractivity contribution in [1.29, 1.82) is 0 Å². The normalized spacial score (nSPS) is 10.9. The van der Waals surface area contributed by atoms with Crippen molar-refractivity contribution in [2.45, 2.75) is 19.8 Å². The highest BCUT2D eigenvalue weighted by molar-refractivity contribution is 6.04. The van der Waals surface area contributed by atoms with Crippen molar-refractivity contribution >= 4 is 22.5 Å². The number of benzene rings is 2. The Morgan fingerprint density at radius 2 is 1.93 bits per heavy atom. The summed E-state index contributed by atoms with van der Waals surface area (Å²) >= 11 is 0. The smallest absolute Gasteiger partial charge is 0.269 e. The molecule has 0 saturated carbocycles. The number of hydrogen-bond acceptors (Lipinski definition) is 3. The summed E-state index contributed by atoms with van der Waals surface area (Å²) in [5.41, 5.74) is 5.89. The summed E-state index contributed by atoms with van der Waals surface area (Å²) in [4.78, 5) is 17.3. The zero-order valence-corrected chi connectivity index (χ0v) is 16.6. The van der Waals surface area contributed by atoms with E-state index in [9.17, 15) is 4.79 Å². The number of methoxy groups -OCH3 is 1. The first-order chi connectivity index (χ1) is 13.0. The maximum atomic E-state index is 12.4.